The third-order valence-corrected chi connectivity index (χ3v) is 2.38. The molecule has 0 aliphatic heterocycles. The molecule has 1 rings (SSSR count). The van der Waals surface area contributed by atoms with Crippen LogP contribution < -0.4 is 4.74 Å². The number of hydrogen-bond acceptors (Lipinski definition) is 3. The van der Waals surface area contributed by atoms with E-state index >= 15 is 0 Å². The number of halogens is 1. The molecule has 16 heavy (non-hydrogen) atoms. The van der Waals surface area contributed by atoms with Crippen molar-refractivity contribution in [2.75, 3.05) is 20.3 Å². The quantitative estimate of drug-likeness (QED) is 0.718. The third-order valence-electron chi connectivity index (χ3n) is 2.08. The topological polar surface area (TPSA) is 27.7 Å². The third kappa shape index (κ3) is 3.37. The molecule has 0 fully saturated rings. The van der Waals surface area contributed by atoms with Gasteiger partial charge in [-0.25, -0.2) is 0 Å². The Morgan fingerprint density at radius 1 is 1.19 bits per heavy atom. The van der Waals surface area contributed by atoms with Crippen molar-refractivity contribution in [1.29, 1.82) is 0 Å². The number of methoxy groups -OCH3 is 1. The van der Waals surface area contributed by atoms with Crippen molar-refractivity contribution >= 4 is 11.6 Å². The second-order valence-electron chi connectivity index (χ2n) is 3.14. The fourth-order valence-electron chi connectivity index (χ4n) is 1.37. The first-order valence-electron chi connectivity index (χ1n) is 5.29. The molecule has 3 nitrogen and oxygen atoms in total. The zero-order chi connectivity index (χ0) is 12.0. The highest BCUT2D eigenvalue weighted by molar-refractivity contribution is 6.32. The number of rotatable bonds is 6. The van der Waals surface area contributed by atoms with Crippen LogP contribution in [0, 0.1) is 0 Å². The maximum absolute atomic E-state index is 6.04. The molecule has 0 bridgehead atoms. The average molecular weight is 245 g/mol. The molecule has 0 radical (unpaired) electrons. The lowest BCUT2D eigenvalue weighted by molar-refractivity contribution is -0.140. The smallest absolute Gasteiger partial charge is 0.183 e. The molecule has 0 atom stereocenters. The van der Waals surface area contributed by atoms with Crippen LogP contribution in [0.1, 0.15) is 25.7 Å². The number of benzene rings is 1. The van der Waals surface area contributed by atoms with E-state index in [1.54, 1.807) is 13.2 Å². The molecular formula is C12H17ClO3. The zero-order valence-electron chi connectivity index (χ0n) is 9.83. The van der Waals surface area contributed by atoms with Gasteiger partial charge in [0.25, 0.3) is 0 Å². The van der Waals surface area contributed by atoms with Crippen LogP contribution in [0.5, 0.6) is 5.75 Å². The summed E-state index contributed by atoms with van der Waals surface area (Å²) in [5.41, 5.74) is 0.898. The summed E-state index contributed by atoms with van der Waals surface area (Å²) in [6.07, 6.45) is -0.363. The molecule has 1 aromatic rings. The molecule has 0 N–H and O–H groups in total. The van der Waals surface area contributed by atoms with E-state index in [2.05, 4.69) is 0 Å². The van der Waals surface area contributed by atoms with Crippen LogP contribution >= 0.6 is 11.6 Å². The highest BCUT2D eigenvalue weighted by atomic mass is 35.5. The maximum atomic E-state index is 6.04. The van der Waals surface area contributed by atoms with Crippen molar-refractivity contribution in [3.8, 4) is 5.75 Å². The zero-order valence-corrected chi connectivity index (χ0v) is 10.6. The molecule has 90 valence electrons. The summed E-state index contributed by atoms with van der Waals surface area (Å²) in [6, 6.07) is 5.50. The second-order valence-corrected chi connectivity index (χ2v) is 3.54. The van der Waals surface area contributed by atoms with Gasteiger partial charge in [0.1, 0.15) is 5.75 Å². The molecule has 1 aromatic carbocycles. The molecule has 0 aromatic heterocycles. The van der Waals surface area contributed by atoms with Gasteiger partial charge in [-0.2, -0.15) is 0 Å². The van der Waals surface area contributed by atoms with Gasteiger partial charge in [0.2, 0.25) is 0 Å². The first-order chi connectivity index (χ1) is 7.72. The fraction of sp³-hybridized carbons (Fsp3) is 0.500. The lowest BCUT2D eigenvalue weighted by atomic mass is 10.2. The number of hydrogen-bond donors (Lipinski definition) is 0. The monoisotopic (exact) mass is 244 g/mol. The Morgan fingerprint density at radius 3 is 2.25 bits per heavy atom. The summed E-state index contributed by atoms with van der Waals surface area (Å²) in [6.45, 7) is 5.04. The lowest BCUT2D eigenvalue weighted by Gasteiger charge is -2.17. The van der Waals surface area contributed by atoms with Crippen LogP contribution in [0.15, 0.2) is 18.2 Å². The predicted octanol–water partition coefficient (Wildman–Crippen LogP) is 3.42. The van der Waals surface area contributed by atoms with Gasteiger partial charge in [-0.1, -0.05) is 17.7 Å². The molecule has 0 amide bonds. The predicted molar refractivity (Wildman–Crippen MR) is 64.0 cm³/mol. The summed E-state index contributed by atoms with van der Waals surface area (Å²) in [5.74, 6) is 0.650. The SMILES string of the molecule is CCOC(OCC)c1ccc(OC)c(Cl)c1. The van der Waals surface area contributed by atoms with E-state index in [1.165, 1.54) is 0 Å². The number of ether oxygens (including phenoxy) is 3. The Kier molecular flexibility index (Phi) is 5.60. The molecule has 0 unspecified atom stereocenters. The molecular weight excluding hydrogens is 228 g/mol. The Morgan fingerprint density at radius 2 is 1.81 bits per heavy atom. The largest absolute Gasteiger partial charge is 0.495 e. The van der Waals surface area contributed by atoms with E-state index in [0.29, 0.717) is 24.0 Å². The van der Waals surface area contributed by atoms with Gasteiger partial charge in [-0.05, 0) is 26.0 Å². The molecule has 0 spiro atoms. The Hall–Kier alpha value is -0.770. The van der Waals surface area contributed by atoms with Gasteiger partial charge in [-0.15, -0.1) is 0 Å². The maximum Gasteiger partial charge on any atom is 0.183 e. The van der Waals surface area contributed by atoms with Crippen molar-refractivity contribution in [3.63, 3.8) is 0 Å². The lowest BCUT2D eigenvalue weighted by Crippen LogP contribution is -2.08. The standard InChI is InChI=1S/C12H17ClO3/c1-4-15-12(16-5-2)9-6-7-11(14-3)10(13)8-9/h6-8,12H,4-5H2,1-3H3. The first kappa shape index (κ1) is 13.3. The minimum Gasteiger partial charge on any atom is -0.495 e. The van der Waals surface area contributed by atoms with Crippen molar-refractivity contribution in [2.45, 2.75) is 20.1 Å². The van der Waals surface area contributed by atoms with Gasteiger partial charge < -0.3 is 14.2 Å². The van der Waals surface area contributed by atoms with Crippen LogP contribution in [-0.2, 0) is 9.47 Å². The van der Waals surface area contributed by atoms with E-state index in [0.717, 1.165) is 5.56 Å². The second kappa shape index (κ2) is 6.74. The van der Waals surface area contributed by atoms with Crippen molar-refractivity contribution in [2.24, 2.45) is 0 Å². The fourth-order valence-corrected chi connectivity index (χ4v) is 1.64. The van der Waals surface area contributed by atoms with Crippen molar-refractivity contribution < 1.29 is 14.2 Å². The molecule has 0 heterocycles. The van der Waals surface area contributed by atoms with Crippen LogP contribution in [0.2, 0.25) is 5.02 Å². The van der Waals surface area contributed by atoms with Gasteiger partial charge >= 0.3 is 0 Å². The highest BCUT2D eigenvalue weighted by Gasteiger charge is 2.13. The minimum atomic E-state index is -0.363. The van der Waals surface area contributed by atoms with E-state index < -0.39 is 0 Å². The molecule has 4 heteroatoms. The molecule has 0 saturated carbocycles. The Labute approximate surface area is 101 Å². The van der Waals surface area contributed by atoms with Crippen LogP contribution in [0.3, 0.4) is 0 Å². The van der Waals surface area contributed by atoms with Gasteiger partial charge in [0.05, 0.1) is 12.1 Å². The summed E-state index contributed by atoms with van der Waals surface area (Å²) >= 11 is 6.04. The van der Waals surface area contributed by atoms with Crippen LogP contribution in [0.4, 0.5) is 0 Å². The van der Waals surface area contributed by atoms with Gasteiger partial charge in [0.15, 0.2) is 6.29 Å². The van der Waals surface area contributed by atoms with Crippen molar-refractivity contribution in [3.05, 3.63) is 28.8 Å². The summed E-state index contributed by atoms with van der Waals surface area (Å²) in [5, 5.41) is 0.560. The molecule has 0 saturated heterocycles. The van der Waals surface area contributed by atoms with Gasteiger partial charge in [0, 0.05) is 18.8 Å². The normalized spacial score (nSPS) is 10.8. The molecule has 0 aliphatic carbocycles. The van der Waals surface area contributed by atoms with E-state index in [4.69, 9.17) is 25.8 Å². The molecule has 0 aliphatic rings. The van der Waals surface area contributed by atoms with Crippen LogP contribution in [-0.4, -0.2) is 20.3 Å². The van der Waals surface area contributed by atoms with E-state index in [9.17, 15) is 0 Å². The highest BCUT2D eigenvalue weighted by Crippen LogP contribution is 2.29. The van der Waals surface area contributed by atoms with E-state index in [1.807, 2.05) is 26.0 Å². The van der Waals surface area contributed by atoms with Crippen molar-refractivity contribution in [1.82, 2.24) is 0 Å². The summed E-state index contributed by atoms with van der Waals surface area (Å²) < 4.78 is 16.0. The van der Waals surface area contributed by atoms with Crippen LogP contribution in [0.25, 0.3) is 0 Å². The Bertz CT molecular complexity index is 322. The first-order valence-corrected chi connectivity index (χ1v) is 5.67. The minimum absolute atomic E-state index is 0.363. The van der Waals surface area contributed by atoms with Gasteiger partial charge in [-0.3, -0.25) is 0 Å². The summed E-state index contributed by atoms with van der Waals surface area (Å²) in [7, 11) is 1.59. The van der Waals surface area contributed by atoms with E-state index in [-0.39, 0.29) is 6.29 Å². The average Bonchev–Trinajstić information content (AvgIpc) is 2.28. The summed E-state index contributed by atoms with van der Waals surface area (Å²) in [4.78, 5) is 0. The Balaban J connectivity index is 2.87.